The maximum atomic E-state index is 12.5. The number of aryl methyl sites for hydroxylation is 1. The summed E-state index contributed by atoms with van der Waals surface area (Å²) in [6, 6.07) is 13.6. The third-order valence-corrected chi connectivity index (χ3v) is 4.75. The quantitative estimate of drug-likeness (QED) is 0.793. The van der Waals surface area contributed by atoms with Crippen molar-refractivity contribution in [2.75, 3.05) is 29.0 Å². The monoisotopic (exact) mass is 388 g/mol. The van der Waals surface area contributed by atoms with E-state index < -0.39 is 16.0 Å². The second kappa shape index (κ2) is 7.79. The van der Waals surface area contributed by atoms with Crippen LogP contribution < -0.4 is 9.62 Å². The molecule has 27 heavy (non-hydrogen) atoms. The number of carbonyl (C=O) groups excluding carboxylic acids is 2. The maximum absolute atomic E-state index is 12.5. The third kappa shape index (κ3) is 4.85. The number of benzene rings is 2. The summed E-state index contributed by atoms with van der Waals surface area (Å²) in [6.45, 7) is 0.206. The van der Waals surface area contributed by atoms with E-state index in [1.165, 1.54) is 24.3 Å². The normalized spacial score (nSPS) is 13.6. The van der Waals surface area contributed by atoms with Crippen molar-refractivity contribution in [2.45, 2.75) is 12.8 Å². The van der Waals surface area contributed by atoms with Crippen LogP contribution in [-0.2, 0) is 26.0 Å². The first kappa shape index (κ1) is 18.9. The number of anilines is 2. The number of para-hydroxylation sites is 1. The van der Waals surface area contributed by atoms with Gasteiger partial charge in [0.25, 0.3) is 5.91 Å². The molecule has 2 aromatic rings. The molecule has 8 heteroatoms. The fourth-order valence-corrected chi connectivity index (χ4v) is 3.56. The molecule has 0 radical (unpaired) electrons. The summed E-state index contributed by atoms with van der Waals surface area (Å²) < 4.78 is 30.0. The molecule has 7 nitrogen and oxygen atoms in total. The van der Waals surface area contributed by atoms with E-state index in [9.17, 15) is 18.0 Å². The van der Waals surface area contributed by atoms with E-state index in [4.69, 9.17) is 4.74 Å². The first-order chi connectivity index (χ1) is 12.8. The molecule has 1 aliphatic rings. The van der Waals surface area contributed by atoms with Gasteiger partial charge >= 0.3 is 5.97 Å². The Kier molecular flexibility index (Phi) is 5.46. The van der Waals surface area contributed by atoms with Crippen LogP contribution in [0.1, 0.15) is 22.3 Å². The van der Waals surface area contributed by atoms with Gasteiger partial charge in [-0.15, -0.1) is 0 Å². The van der Waals surface area contributed by atoms with E-state index in [0.29, 0.717) is 6.54 Å². The zero-order valence-electron chi connectivity index (χ0n) is 14.8. The van der Waals surface area contributed by atoms with Crippen molar-refractivity contribution in [3.63, 3.8) is 0 Å². The van der Waals surface area contributed by atoms with Crippen molar-refractivity contribution in [3.8, 4) is 0 Å². The van der Waals surface area contributed by atoms with Gasteiger partial charge < -0.3 is 9.64 Å². The Morgan fingerprint density at radius 2 is 1.93 bits per heavy atom. The molecular formula is C19H20N2O5S. The standard InChI is InChI=1S/C19H20N2O5S/c1-27(24,25)20-16-9-4-7-15(12-16)19(23)26-13-18(22)21-11-5-8-14-6-2-3-10-17(14)21/h2-4,6-7,9-10,12,20H,5,8,11,13H2,1H3. The lowest BCUT2D eigenvalue weighted by atomic mass is 10.0. The van der Waals surface area contributed by atoms with Crippen molar-refractivity contribution < 1.29 is 22.7 Å². The Balaban J connectivity index is 1.65. The topological polar surface area (TPSA) is 92.8 Å². The second-order valence-corrected chi connectivity index (χ2v) is 8.06. The Labute approximate surface area is 158 Å². The molecule has 0 aliphatic carbocycles. The number of esters is 1. The van der Waals surface area contributed by atoms with Crippen molar-refractivity contribution in [1.82, 2.24) is 0 Å². The number of amides is 1. The highest BCUT2D eigenvalue weighted by atomic mass is 32.2. The van der Waals surface area contributed by atoms with Gasteiger partial charge in [-0.2, -0.15) is 0 Å². The van der Waals surface area contributed by atoms with Crippen molar-refractivity contribution in [2.24, 2.45) is 0 Å². The minimum Gasteiger partial charge on any atom is -0.452 e. The molecule has 0 fully saturated rings. The number of carbonyl (C=O) groups is 2. The minimum absolute atomic E-state index is 0.162. The lowest BCUT2D eigenvalue weighted by molar-refractivity contribution is -0.121. The number of sulfonamides is 1. The molecule has 142 valence electrons. The van der Waals surface area contributed by atoms with E-state index in [1.54, 1.807) is 4.90 Å². The summed E-state index contributed by atoms with van der Waals surface area (Å²) in [5.41, 5.74) is 2.37. The third-order valence-electron chi connectivity index (χ3n) is 4.14. The first-order valence-electron chi connectivity index (χ1n) is 8.47. The predicted octanol–water partition coefficient (Wildman–Crippen LogP) is 2.19. The Bertz CT molecular complexity index is 972. The molecule has 1 amide bonds. The zero-order chi connectivity index (χ0) is 19.4. The summed E-state index contributed by atoms with van der Waals surface area (Å²) in [7, 11) is -3.45. The highest BCUT2D eigenvalue weighted by molar-refractivity contribution is 7.92. The number of ether oxygens (including phenoxy) is 1. The minimum atomic E-state index is -3.45. The first-order valence-corrected chi connectivity index (χ1v) is 10.4. The van der Waals surface area contributed by atoms with E-state index in [2.05, 4.69) is 4.72 Å². The maximum Gasteiger partial charge on any atom is 0.338 e. The molecule has 0 unspecified atom stereocenters. The summed E-state index contributed by atoms with van der Waals surface area (Å²) in [6.07, 6.45) is 2.79. The van der Waals surface area contributed by atoms with Crippen LogP contribution in [0.4, 0.5) is 11.4 Å². The SMILES string of the molecule is CS(=O)(=O)Nc1cccc(C(=O)OCC(=O)N2CCCc3ccccc32)c1. The molecule has 0 saturated carbocycles. The van der Waals surface area contributed by atoms with Gasteiger partial charge in [-0.1, -0.05) is 24.3 Å². The second-order valence-electron chi connectivity index (χ2n) is 6.31. The molecule has 2 aromatic carbocycles. The van der Waals surface area contributed by atoms with E-state index in [0.717, 1.165) is 30.3 Å². The molecule has 3 rings (SSSR count). The number of fused-ring (bicyclic) bond motifs is 1. The van der Waals surface area contributed by atoms with Crippen LogP contribution >= 0.6 is 0 Å². The summed E-state index contributed by atoms with van der Waals surface area (Å²) >= 11 is 0. The summed E-state index contributed by atoms with van der Waals surface area (Å²) in [5, 5.41) is 0. The Morgan fingerprint density at radius 1 is 1.15 bits per heavy atom. The summed E-state index contributed by atoms with van der Waals surface area (Å²) in [4.78, 5) is 26.4. The fraction of sp³-hybridized carbons (Fsp3) is 0.263. The van der Waals surface area contributed by atoms with Gasteiger partial charge in [0, 0.05) is 17.9 Å². The van der Waals surface area contributed by atoms with E-state index in [-0.39, 0.29) is 23.8 Å². The number of nitrogens with one attached hydrogen (secondary N) is 1. The van der Waals surface area contributed by atoms with Crippen LogP contribution in [0.15, 0.2) is 48.5 Å². The smallest absolute Gasteiger partial charge is 0.338 e. The lowest BCUT2D eigenvalue weighted by Gasteiger charge is -2.29. The highest BCUT2D eigenvalue weighted by Gasteiger charge is 2.23. The molecule has 1 aliphatic heterocycles. The molecule has 1 N–H and O–H groups in total. The number of hydrogen-bond donors (Lipinski definition) is 1. The zero-order valence-corrected chi connectivity index (χ0v) is 15.7. The molecular weight excluding hydrogens is 368 g/mol. The van der Waals surface area contributed by atoms with Crippen LogP contribution in [0.2, 0.25) is 0 Å². The van der Waals surface area contributed by atoms with Gasteiger partial charge in [-0.3, -0.25) is 9.52 Å². The van der Waals surface area contributed by atoms with Crippen molar-refractivity contribution in [3.05, 3.63) is 59.7 Å². The van der Waals surface area contributed by atoms with Gasteiger partial charge in [-0.25, -0.2) is 13.2 Å². The predicted molar refractivity (Wildman–Crippen MR) is 102 cm³/mol. The van der Waals surface area contributed by atoms with Gasteiger partial charge in [0.05, 0.1) is 11.8 Å². The van der Waals surface area contributed by atoms with Crippen molar-refractivity contribution >= 4 is 33.3 Å². The van der Waals surface area contributed by atoms with Crippen LogP contribution in [0.25, 0.3) is 0 Å². The van der Waals surface area contributed by atoms with Crippen molar-refractivity contribution in [1.29, 1.82) is 0 Å². The fourth-order valence-electron chi connectivity index (χ4n) is 3.00. The van der Waals surface area contributed by atoms with Crippen LogP contribution in [-0.4, -0.2) is 39.7 Å². The molecule has 0 spiro atoms. The van der Waals surface area contributed by atoms with E-state index in [1.807, 2.05) is 24.3 Å². The molecule has 0 bridgehead atoms. The van der Waals surface area contributed by atoms with Gasteiger partial charge in [0.15, 0.2) is 6.61 Å². The number of nitrogens with zero attached hydrogens (tertiary/aromatic N) is 1. The lowest BCUT2D eigenvalue weighted by Crippen LogP contribution is -2.38. The number of hydrogen-bond acceptors (Lipinski definition) is 5. The average Bonchev–Trinajstić information content (AvgIpc) is 2.64. The molecule has 0 aromatic heterocycles. The molecule has 1 heterocycles. The average molecular weight is 388 g/mol. The number of rotatable bonds is 5. The highest BCUT2D eigenvalue weighted by Crippen LogP contribution is 2.26. The Morgan fingerprint density at radius 3 is 2.70 bits per heavy atom. The Hall–Kier alpha value is -2.87. The van der Waals surface area contributed by atoms with Gasteiger partial charge in [0.1, 0.15) is 0 Å². The van der Waals surface area contributed by atoms with Crippen LogP contribution in [0, 0.1) is 0 Å². The van der Waals surface area contributed by atoms with Crippen LogP contribution in [0.3, 0.4) is 0 Å². The largest absolute Gasteiger partial charge is 0.452 e. The summed E-state index contributed by atoms with van der Waals surface area (Å²) in [5.74, 6) is -0.980. The molecule has 0 saturated heterocycles. The van der Waals surface area contributed by atoms with Crippen LogP contribution in [0.5, 0.6) is 0 Å². The van der Waals surface area contributed by atoms with Gasteiger partial charge in [0.2, 0.25) is 10.0 Å². The van der Waals surface area contributed by atoms with Gasteiger partial charge in [-0.05, 0) is 42.7 Å². The molecule has 0 atom stereocenters. The van der Waals surface area contributed by atoms with E-state index >= 15 is 0 Å².